The summed E-state index contributed by atoms with van der Waals surface area (Å²) in [4.78, 5) is 0. The highest BCUT2D eigenvalue weighted by Crippen LogP contribution is 2.34. The van der Waals surface area contributed by atoms with E-state index in [2.05, 4.69) is 46.8 Å². The molecule has 3 aromatic rings. The Labute approximate surface area is 103 Å². The molecule has 1 aromatic carbocycles. The monoisotopic (exact) mass is 242 g/mol. The molecule has 0 fully saturated rings. The minimum Gasteiger partial charge on any atom is -0.423 e. The van der Waals surface area contributed by atoms with Gasteiger partial charge in [-0.05, 0) is 17.9 Å². The van der Waals surface area contributed by atoms with Crippen molar-refractivity contribution in [3.8, 4) is 22.6 Å². The highest BCUT2D eigenvalue weighted by molar-refractivity contribution is 7.08. The molecule has 3 nitrogen and oxygen atoms in total. The van der Waals surface area contributed by atoms with Crippen LogP contribution < -0.4 is 0 Å². The van der Waals surface area contributed by atoms with E-state index in [0.29, 0.717) is 5.89 Å². The fourth-order valence-electron chi connectivity index (χ4n) is 1.71. The fourth-order valence-corrected chi connectivity index (χ4v) is 2.54. The van der Waals surface area contributed by atoms with E-state index in [4.69, 9.17) is 4.42 Å². The molecule has 17 heavy (non-hydrogen) atoms. The fraction of sp³-hybridized carbons (Fsp3) is 0.0769. The summed E-state index contributed by atoms with van der Waals surface area (Å²) < 4.78 is 5.25. The van der Waals surface area contributed by atoms with Crippen molar-refractivity contribution < 1.29 is 4.42 Å². The smallest absolute Gasteiger partial charge is 0.248 e. The van der Waals surface area contributed by atoms with Crippen LogP contribution in [0.1, 0.15) is 5.56 Å². The molecule has 2 aromatic heterocycles. The van der Waals surface area contributed by atoms with E-state index >= 15 is 0 Å². The summed E-state index contributed by atoms with van der Waals surface area (Å²) in [6, 6.07) is 8.42. The van der Waals surface area contributed by atoms with Crippen LogP contribution in [0.15, 0.2) is 45.8 Å². The van der Waals surface area contributed by atoms with Gasteiger partial charge in [0, 0.05) is 10.9 Å². The van der Waals surface area contributed by atoms with Gasteiger partial charge < -0.3 is 4.42 Å². The summed E-state index contributed by atoms with van der Waals surface area (Å²) in [5, 5.41) is 11.8. The van der Waals surface area contributed by atoms with E-state index < -0.39 is 0 Å². The molecule has 0 aliphatic carbocycles. The third kappa shape index (κ3) is 1.87. The maximum atomic E-state index is 5.25. The van der Waals surface area contributed by atoms with Gasteiger partial charge in [-0.2, -0.15) is 11.3 Å². The van der Waals surface area contributed by atoms with Gasteiger partial charge in [-0.15, -0.1) is 10.2 Å². The first-order valence-corrected chi connectivity index (χ1v) is 6.18. The molecule has 0 unspecified atom stereocenters. The predicted octanol–water partition coefficient (Wildman–Crippen LogP) is 3.77. The predicted molar refractivity (Wildman–Crippen MR) is 67.8 cm³/mol. The van der Waals surface area contributed by atoms with Gasteiger partial charge in [-0.25, -0.2) is 0 Å². The Morgan fingerprint density at radius 3 is 2.53 bits per heavy atom. The maximum Gasteiger partial charge on any atom is 0.248 e. The van der Waals surface area contributed by atoms with Crippen molar-refractivity contribution in [2.45, 2.75) is 6.92 Å². The number of rotatable bonds is 2. The van der Waals surface area contributed by atoms with Crippen molar-refractivity contribution in [3.05, 3.63) is 47.0 Å². The number of hydrogen-bond donors (Lipinski definition) is 0. The highest BCUT2D eigenvalue weighted by Gasteiger charge is 2.12. The van der Waals surface area contributed by atoms with E-state index in [9.17, 15) is 0 Å². The van der Waals surface area contributed by atoms with Crippen molar-refractivity contribution in [2.75, 3.05) is 0 Å². The molecular formula is C13H10N2OS. The average Bonchev–Trinajstić information content (AvgIpc) is 3.00. The van der Waals surface area contributed by atoms with Crippen LogP contribution in [0.25, 0.3) is 22.6 Å². The zero-order chi connectivity index (χ0) is 11.7. The number of thiophene rings is 1. The van der Waals surface area contributed by atoms with Crippen LogP contribution in [0.5, 0.6) is 0 Å². The topological polar surface area (TPSA) is 38.9 Å². The van der Waals surface area contributed by atoms with Gasteiger partial charge in [-0.1, -0.05) is 29.8 Å². The lowest BCUT2D eigenvalue weighted by atomic mass is 10.0. The Bertz CT molecular complexity index is 611. The Morgan fingerprint density at radius 2 is 1.82 bits per heavy atom. The summed E-state index contributed by atoms with van der Waals surface area (Å²) in [5.41, 5.74) is 4.56. The summed E-state index contributed by atoms with van der Waals surface area (Å²) in [7, 11) is 0. The number of aryl methyl sites for hydroxylation is 1. The van der Waals surface area contributed by atoms with E-state index in [1.165, 1.54) is 17.5 Å². The minimum absolute atomic E-state index is 0.571. The molecule has 0 bridgehead atoms. The lowest BCUT2D eigenvalue weighted by molar-refractivity contribution is 0.569. The van der Waals surface area contributed by atoms with E-state index in [-0.39, 0.29) is 0 Å². The largest absolute Gasteiger partial charge is 0.423 e. The molecule has 0 aliphatic heterocycles. The van der Waals surface area contributed by atoms with Crippen LogP contribution in [0, 0.1) is 6.92 Å². The molecule has 0 N–H and O–H groups in total. The minimum atomic E-state index is 0.571. The van der Waals surface area contributed by atoms with Crippen LogP contribution >= 0.6 is 11.3 Å². The number of aromatic nitrogens is 2. The van der Waals surface area contributed by atoms with Crippen molar-refractivity contribution in [1.29, 1.82) is 0 Å². The van der Waals surface area contributed by atoms with Gasteiger partial charge in [0.1, 0.15) is 0 Å². The summed E-state index contributed by atoms with van der Waals surface area (Å²) in [6.07, 6.45) is 1.35. The SMILES string of the molecule is Cc1ccc(-c2cscc2-c2nnco2)cc1. The molecular weight excluding hydrogens is 232 g/mol. The second kappa shape index (κ2) is 4.14. The molecule has 0 saturated carbocycles. The zero-order valence-corrected chi connectivity index (χ0v) is 10.1. The first kappa shape index (κ1) is 10.2. The van der Waals surface area contributed by atoms with Crippen LogP contribution in [0.3, 0.4) is 0 Å². The lowest BCUT2D eigenvalue weighted by Crippen LogP contribution is -1.81. The van der Waals surface area contributed by atoms with Crippen molar-refractivity contribution in [1.82, 2.24) is 10.2 Å². The molecule has 3 rings (SSSR count). The van der Waals surface area contributed by atoms with Gasteiger partial charge in [0.05, 0.1) is 5.56 Å². The van der Waals surface area contributed by atoms with Gasteiger partial charge in [0.25, 0.3) is 0 Å². The van der Waals surface area contributed by atoms with Crippen LogP contribution in [0.2, 0.25) is 0 Å². The highest BCUT2D eigenvalue weighted by atomic mass is 32.1. The molecule has 4 heteroatoms. The number of nitrogens with zero attached hydrogens (tertiary/aromatic N) is 2. The Balaban J connectivity index is 2.10. The third-order valence-electron chi connectivity index (χ3n) is 2.61. The van der Waals surface area contributed by atoms with Gasteiger partial charge in [0.2, 0.25) is 12.3 Å². The zero-order valence-electron chi connectivity index (χ0n) is 9.25. The Hall–Kier alpha value is -1.94. The van der Waals surface area contributed by atoms with Crippen LogP contribution in [-0.4, -0.2) is 10.2 Å². The lowest BCUT2D eigenvalue weighted by Gasteiger charge is -2.01. The van der Waals surface area contributed by atoms with E-state index in [0.717, 1.165) is 11.1 Å². The normalized spacial score (nSPS) is 10.6. The standard InChI is InChI=1S/C13H10N2OS/c1-9-2-4-10(5-3-9)11-6-17-7-12(11)13-15-14-8-16-13/h2-8H,1H3. The molecule has 0 atom stereocenters. The molecule has 0 aliphatic rings. The number of benzene rings is 1. The molecule has 0 amide bonds. The molecule has 2 heterocycles. The van der Waals surface area contributed by atoms with Crippen molar-refractivity contribution >= 4 is 11.3 Å². The van der Waals surface area contributed by atoms with Crippen molar-refractivity contribution in [3.63, 3.8) is 0 Å². The quantitative estimate of drug-likeness (QED) is 0.686. The second-order valence-corrected chi connectivity index (χ2v) is 4.55. The van der Waals surface area contributed by atoms with E-state index in [1.54, 1.807) is 11.3 Å². The molecule has 0 radical (unpaired) electrons. The second-order valence-electron chi connectivity index (χ2n) is 3.81. The van der Waals surface area contributed by atoms with E-state index in [1.807, 2.05) is 5.38 Å². The van der Waals surface area contributed by atoms with Crippen molar-refractivity contribution in [2.24, 2.45) is 0 Å². The summed E-state index contributed by atoms with van der Waals surface area (Å²) in [5.74, 6) is 0.571. The van der Waals surface area contributed by atoms with Crippen LogP contribution in [0.4, 0.5) is 0 Å². The maximum absolute atomic E-state index is 5.25. The van der Waals surface area contributed by atoms with Gasteiger partial charge in [0.15, 0.2) is 0 Å². The molecule has 0 saturated heterocycles. The van der Waals surface area contributed by atoms with Crippen LogP contribution in [-0.2, 0) is 0 Å². The summed E-state index contributed by atoms with van der Waals surface area (Å²) in [6.45, 7) is 2.08. The first-order valence-electron chi connectivity index (χ1n) is 5.24. The van der Waals surface area contributed by atoms with Gasteiger partial charge in [-0.3, -0.25) is 0 Å². The third-order valence-corrected chi connectivity index (χ3v) is 3.36. The number of hydrogen-bond acceptors (Lipinski definition) is 4. The molecule has 84 valence electrons. The average molecular weight is 242 g/mol. The summed E-state index contributed by atoms with van der Waals surface area (Å²) >= 11 is 1.64. The van der Waals surface area contributed by atoms with Gasteiger partial charge >= 0.3 is 0 Å². The first-order chi connectivity index (χ1) is 8.34. The Morgan fingerprint density at radius 1 is 1.06 bits per heavy atom. The molecule has 0 spiro atoms. The Kier molecular flexibility index (Phi) is 2.49.